The normalized spacial score (nSPS) is 11.5. The summed E-state index contributed by atoms with van der Waals surface area (Å²) in [5.74, 6) is -0.0648. The van der Waals surface area contributed by atoms with Crippen LogP contribution in [-0.4, -0.2) is 27.3 Å². The summed E-state index contributed by atoms with van der Waals surface area (Å²) in [6, 6.07) is 24.9. The Balaban J connectivity index is 1.42. The van der Waals surface area contributed by atoms with Gasteiger partial charge < -0.3 is 10.1 Å². The van der Waals surface area contributed by atoms with Crippen LogP contribution in [0.15, 0.2) is 91.0 Å². The molecule has 4 aromatic carbocycles. The van der Waals surface area contributed by atoms with Gasteiger partial charge in [-0.3, -0.25) is 4.79 Å². The van der Waals surface area contributed by atoms with Crippen molar-refractivity contribution in [3.8, 4) is 23.1 Å². The number of alkyl halides is 3. The van der Waals surface area contributed by atoms with Crippen molar-refractivity contribution in [2.75, 3.05) is 11.9 Å². The average molecular weight is 502 g/mol. The number of benzene rings is 4. The fraction of sp³-hybridized carbons (Fsp3) is 0.107. The third kappa shape index (κ3) is 5.16. The molecule has 0 unspecified atom stereocenters. The highest BCUT2D eigenvalue weighted by Crippen LogP contribution is 2.33. The molecule has 186 valence electrons. The van der Waals surface area contributed by atoms with Crippen LogP contribution in [0.2, 0.25) is 0 Å². The van der Waals surface area contributed by atoms with Crippen molar-refractivity contribution in [3.05, 3.63) is 102 Å². The molecule has 1 heterocycles. The number of nitrogens with zero attached hydrogens (tertiary/aromatic N) is 3. The highest BCUT2D eigenvalue weighted by Gasteiger charge is 2.31. The van der Waals surface area contributed by atoms with Crippen molar-refractivity contribution in [1.82, 2.24) is 14.8 Å². The second-order valence-corrected chi connectivity index (χ2v) is 8.20. The van der Waals surface area contributed by atoms with Crippen LogP contribution < -0.4 is 10.1 Å². The third-order valence-corrected chi connectivity index (χ3v) is 5.69. The van der Waals surface area contributed by atoms with Crippen molar-refractivity contribution >= 4 is 22.4 Å². The molecule has 0 saturated carbocycles. The fourth-order valence-electron chi connectivity index (χ4n) is 3.90. The maximum absolute atomic E-state index is 13.3. The lowest BCUT2D eigenvalue weighted by molar-refractivity contribution is -0.137. The van der Waals surface area contributed by atoms with Crippen molar-refractivity contribution in [1.29, 1.82) is 0 Å². The Morgan fingerprint density at radius 3 is 2.41 bits per heavy atom. The number of hydrogen-bond acceptors (Lipinski definition) is 4. The van der Waals surface area contributed by atoms with Crippen LogP contribution in [0.5, 0.6) is 6.01 Å². The molecule has 0 spiro atoms. The van der Waals surface area contributed by atoms with E-state index in [0.29, 0.717) is 23.5 Å². The maximum atomic E-state index is 13.3. The van der Waals surface area contributed by atoms with Crippen molar-refractivity contribution in [2.45, 2.75) is 13.1 Å². The molecule has 0 saturated heterocycles. The lowest BCUT2D eigenvalue weighted by Crippen LogP contribution is -2.12. The number of fused-ring (bicyclic) bond motifs is 1. The fourth-order valence-corrected chi connectivity index (χ4v) is 3.90. The predicted octanol–water partition coefficient (Wildman–Crippen LogP) is 6.76. The van der Waals surface area contributed by atoms with Gasteiger partial charge >= 0.3 is 12.2 Å². The molecule has 5 rings (SSSR count). The summed E-state index contributed by atoms with van der Waals surface area (Å²) in [7, 11) is 0. The predicted molar refractivity (Wildman–Crippen MR) is 135 cm³/mol. The lowest BCUT2D eigenvalue weighted by atomic mass is 10.1. The summed E-state index contributed by atoms with van der Waals surface area (Å²) in [6.07, 6.45) is -4.49. The van der Waals surface area contributed by atoms with E-state index in [4.69, 9.17) is 4.74 Å². The molecule has 0 aliphatic carbocycles. The Morgan fingerprint density at radius 1 is 0.919 bits per heavy atom. The number of nitrogens with one attached hydrogen (secondary N) is 1. The summed E-state index contributed by atoms with van der Waals surface area (Å²) in [6.45, 7) is 2.06. The highest BCUT2D eigenvalue weighted by atomic mass is 19.4. The molecule has 0 atom stereocenters. The van der Waals surface area contributed by atoms with Gasteiger partial charge in [-0.25, -0.2) is 4.68 Å². The van der Waals surface area contributed by atoms with Crippen LogP contribution in [0.1, 0.15) is 22.8 Å². The van der Waals surface area contributed by atoms with Crippen LogP contribution >= 0.6 is 0 Å². The van der Waals surface area contributed by atoms with Gasteiger partial charge in [-0.2, -0.15) is 18.2 Å². The second kappa shape index (κ2) is 9.77. The van der Waals surface area contributed by atoms with Gasteiger partial charge in [0.05, 0.1) is 17.9 Å². The third-order valence-electron chi connectivity index (χ3n) is 5.69. The van der Waals surface area contributed by atoms with Gasteiger partial charge in [0.1, 0.15) is 0 Å². The van der Waals surface area contributed by atoms with Crippen LogP contribution in [0.4, 0.5) is 18.9 Å². The van der Waals surface area contributed by atoms with Gasteiger partial charge in [-0.1, -0.05) is 42.5 Å². The molecule has 5 aromatic rings. The molecule has 1 aromatic heterocycles. The van der Waals surface area contributed by atoms with Gasteiger partial charge in [0.15, 0.2) is 5.82 Å². The van der Waals surface area contributed by atoms with Crippen LogP contribution in [0.3, 0.4) is 0 Å². The number of anilines is 1. The lowest BCUT2D eigenvalue weighted by Gasteiger charge is -2.10. The van der Waals surface area contributed by atoms with E-state index < -0.39 is 11.7 Å². The molecule has 0 fully saturated rings. The molecule has 0 aliphatic heterocycles. The van der Waals surface area contributed by atoms with Gasteiger partial charge in [-0.15, -0.1) is 5.10 Å². The van der Waals surface area contributed by atoms with Crippen LogP contribution in [-0.2, 0) is 6.18 Å². The number of carbonyl (C=O) groups is 1. The van der Waals surface area contributed by atoms with Crippen LogP contribution in [0.25, 0.3) is 27.8 Å². The molecule has 0 radical (unpaired) electrons. The van der Waals surface area contributed by atoms with Gasteiger partial charge in [-0.05, 0) is 66.2 Å². The summed E-state index contributed by atoms with van der Waals surface area (Å²) in [5, 5.41) is 9.19. The number of ether oxygens (including phenoxy) is 1. The molecule has 0 aliphatic rings. The zero-order valence-electron chi connectivity index (χ0n) is 19.7. The Bertz CT molecular complexity index is 1580. The zero-order chi connectivity index (χ0) is 26.0. The first-order valence-corrected chi connectivity index (χ1v) is 11.5. The Labute approximate surface area is 210 Å². The number of rotatable bonds is 6. The number of amides is 1. The molecule has 37 heavy (non-hydrogen) atoms. The number of halogens is 3. The van der Waals surface area contributed by atoms with Crippen LogP contribution in [0, 0.1) is 0 Å². The Morgan fingerprint density at radius 2 is 1.68 bits per heavy atom. The minimum Gasteiger partial charge on any atom is -0.463 e. The standard InChI is InChI=1S/C28H21F3N4O2/c1-2-37-27-33-25(20-8-5-9-22(17-20)28(29,30)31)35(34-27)24-14-12-23(13-15-24)32-26(36)21-11-10-18-6-3-4-7-19(18)16-21/h3-17H,2H2,1H3,(H,32,36). The Kier molecular flexibility index (Phi) is 6.35. The summed E-state index contributed by atoms with van der Waals surface area (Å²) in [5.41, 5.74) is 1.06. The Hall–Kier alpha value is -4.66. The summed E-state index contributed by atoms with van der Waals surface area (Å²) < 4.78 is 46.7. The average Bonchev–Trinajstić information content (AvgIpc) is 3.32. The quantitative estimate of drug-likeness (QED) is 0.279. The molecule has 1 N–H and O–H groups in total. The van der Waals surface area contributed by atoms with Crippen molar-refractivity contribution < 1.29 is 22.7 Å². The first-order chi connectivity index (χ1) is 17.8. The first-order valence-electron chi connectivity index (χ1n) is 11.5. The molecule has 6 nitrogen and oxygen atoms in total. The number of aromatic nitrogens is 3. The maximum Gasteiger partial charge on any atom is 0.416 e. The number of carbonyl (C=O) groups excluding carboxylic acids is 1. The van der Waals surface area contributed by atoms with Gasteiger partial charge in [0, 0.05) is 16.8 Å². The molecular weight excluding hydrogens is 481 g/mol. The van der Waals surface area contributed by atoms with E-state index in [1.165, 1.54) is 16.8 Å². The first kappa shape index (κ1) is 24.1. The smallest absolute Gasteiger partial charge is 0.416 e. The second-order valence-electron chi connectivity index (χ2n) is 8.20. The molecule has 9 heteroatoms. The highest BCUT2D eigenvalue weighted by molar-refractivity contribution is 6.06. The van der Waals surface area contributed by atoms with Crippen molar-refractivity contribution in [2.24, 2.45) is 0 Å². The molecule has 0 bridgehead atoms. The van der Waals surface area contributed by atoms with E-state index in [2.05, 4.69) is 15.4 Å². The van der Waals surface area contributed by atoms with E-state index in [1.807, 2.05) is 36.4 Å². The largest absolute Gasteiger partial charge is 0.463 e. The topological polar surface area (TPSA) is 69.0 Å². The van der Waals surface area contributed by atoms with Gasteiger partial charge in [0.2, 0.25) is 0 Å². The van der Waals surface area contributed by atoms with E-state index >= 15 is 0 Å². The van der Waals surface area contributed by atoms with Crippen molar-refractivity contribution in [3.63, 3.8) is 0 Å². The minimum absolute atomic E-state index is 0.0450. The van der Waals surface area contributed by atoms with E-state index in [9.17, 15) is 18.0 Å². The SMILES string of the molecule is CCOc1nc(-c2cccc(C(F)(F)F)c2)n(-c2ccc(NC(=O)c3ccc4ccccc4c3)cc2)n1. The number of hydrogen-bond donors (Lipinski definition) is 1. The summed E-state index contributed by atoms with van der Waals surface area (Å²) >= 11 is 0. The van der Waals surface area contributed by atoms with Gasteiger partial charge in [0.25, 0.3) is 5.91 Å². The summed E-state index contributed by atoms with van der Waals surface area (Å²) in [4.78, 5) is 17.1. The zero-order valence-corrected chi connectivity index (χ0v) is 19.7. The van der Waals surface area contributed by atoms with E-state index in [1.54, 1.807) is 37.3 Å². The minimum atomic E-state index is -4.49. The van der Waals surface area contributed by atoms with E-state index in [-0.39, 0.29) is 23.3 Å². The molecule has 1 amide bonds. The molecular formula is C28H21F3N4O2. The monoisotopic (exact) mass is 502 g/mol. The van der Waals surface area contributed by atoms with E-state index in [0.717, 1.165) is 22.9 Å².